The fraction of sp³-hybridized carbons (Fsp3) is 0.0909. The van der Waals surface area contributed by atoms with Gasteiger partial charge in [-0.1, -0.05) is 15.9 Å². The summed E-state index contributed by atoms with van der Waals surface area (Å²) in [5.74, 6) is 0. The van der Waals surface area contributed by atoms with Gasteiger partial charge in [0.2, 0.25) is 0 Å². The molecule has 0 amide bonds. The third kappa shape index (κ3) is 3.45. The average molecular weight is 488 g/mol. The monoisotopic (exact) mass is 485 g/mol. The Morgan fingerprint density at radius 1 is 1.15 bits per heavy atom. The molecule has 0 saturated heterocycles. The number of nitrogens with one attached hydrogen (secondary N) is 2. The van der Waals surface area contributed by atoms with E-state index in [2.05, 4.69) is 57.5 Å². The zero-order chi connectivity index (χ0) is 14.9. The summed E-state index contributed by atoms with van der Waals surface area (Å²) >= 11 is 9.98. The Kier molecular flexibility index (Phi) is 4.96. The molecule has 1 aromatic carbocycles. The summed E-state index contributed by atoms with van der Waals surface area (Å²) in [6.07, 6.45) is 1.41. The average Bonchev–Trinajstić information content (AvgIpc) is 2.83. The number of hydrogen-bond donors (Lipinski definition) is 3. The van der Waals surface area contributed by atoms with Gasteiger partial charge in [0.15, 0.2) is 0 Å². The molecule has 0 fully saturated rings. The number of H-pyrrole nitrogens is 1. The normalized spacial score (nSPS) is 11.6. The maximum Gasteiger partial charge on any atom is 0.263 e. The van der Waals surface area contributed by atoms with Crippen molar-refractivity contribution in [1.82, 2.24) is 4.98 Å². The van der Waals surface area contributed by atoms with Crippen molar-refractivity contribution in [3.05, 3.63) is 43.5 Å². The Morgan fingerprint density at radius 3 is 2.25 bits per heavy atom. The van der Waals surface area contributed by atoms with Gasteiger partial charge in [0.05, 0.1) is 5.69 Å². The molecule has 5 nitrogen and oxygen atoms in total. The third-order valence-electron chi connectivity index (χ3n) is 2.49. The minimum atomic E-state index is -3.67. The van der Waals surface area contributed by atoms with Gasteiger partial charge in [0, 0.05) is 31.9 Å². The van der Waals surface area contributed by atoms with Gasteiger partial charge in [-0.2, -0.15) is 0 Å². The van der Waals surface area contributed by atoms with Crippen molar-refractivity contribution in [2.45, 2.75) is 11.4 Å². The Morgan fingerprint density at radius 2 is 1.75 bits per heavy atom. The molecule has 108 valence electrons. The van der Waals surface area contributed by atoms with Crippen molar-refractivity contribution in [3.8, 4) is 0 Å². The van der Waals surface area contributed by atoms with Crippen LogP contribution in [0.4, 0.5) is 5.69 Å². The summed E-state index contributed by atoms with van der Waals surface area (Å²) in [5.41, 5.74) is 6.54. The highest BCUT2D eigenvalue weighted by atomic mass is 79.9. The number of aromatic amines is 1. The lowest BCUT2D eigenvalue weighted by atomic mass is 10.3. The Hall–Kier alpha value is -0.350. The summed E-state index contributed by atoms with van der Waals surface area (Å²) < 4.78 is 29.2. The van der Waals surface area contributed by atoms with E-state index in [0.717, 1.165) is 4.47 Å². The molecular formula is C11H10Br3N3O2S. The Balaban J connectivity index is 2.38. The zero-order valence-corrected chi connectivity index (χ0v) is 15.5. The number of rotatable bonds is 4. The molecule has 1 heterocycles. The van der Waals surface area contributed by atoms with Crippen molar-refractivity contribution in [2.24, 2.45) is 5.73 Å². The molecule has 0 aliphatic heterocycles. The van der Waals surface area contributed by atoms with E-state index in [0.29, 0.717) is 20.3 Å². The maximum atomic E-state index is 12.3. The van der Waals surface area contributed by atoms with Crippen LogP contribution in [0.5, 0.6) is 0 Å². The van der Waals surface area contributed by atoms with Crippen molar-refractivity contribution >= 4 is 63.5 Å². The smallest absolute Gasteiger partial charge is 0.263 e. The van der Waals surface area contributed by atoms with Crippen molar-refractivity contribution < 1.29 is 8.42 Å². The van der Waals surface area contributed by atoms with Crippen LogP contribution in [0.3, 0.4) is 0 Å². The molecule has 0 saturated carbocycles. The predicted molar refractivity (Wildman–Crippen MR) is 89.0 cm³/mol. The number of sulfonamides is 1. The molecule has 1 aromatic heterocycles. The molecule has 0 aliphatic carbocycles. The number of hydrogen-bond acceptors (Lipinski definition) is 3. The fourth-order valence-corrected chi connectivity index (χ4v) is 5.36. The van der Waals surface area contributed by atoms with Crippen molar-refractivity contribution in [1.29, 1.82) is 0 Å². The zero-order valence-electron chi connectivity index (χ0n) is 9.95. The van der Waals surface area contributed by atoms with Gasteiger partial charge in [0.25, 0.3) is 10.0 Å². The van der Waals surface area contributed by atoms with Gasteiger partial charge in [-0.3, -0.25) is 4.72 Å². The quantitative estimate of drug-likeness (QED) is 0.616. The topological polar surface area (TPSA) is 88.0 Å². The number of anilines is 1. The number of aromatic nitrogens is 1. The molecular weight excluding hydrogens is 478 g/mol. The number of halogens is 3. The molecule has 4 N–H and O–H groups in total. The van der Waals surface area contributed by atoms with E-state index in [1.54, 1.807) is 12.1 Å². The van der Waals surface area contributed by atoms with Gasteiger partial charge in [-0.05, 0) is 50.1 Å². The van der Waals surface area contributed by atoms with Crippen LogP contribution in [0.25, 0.3) is 0 Å². The standard InChI is InChI=1S/C11H10Br3N3O2S/c12-6-1-9(13)11(10(14)2-6)17-20(18,19)8-3-7(4-15)16-5-8/h1-3,5,16-17H,4,15H2. The van der Waals surface area contributed by atoms with Crippen LogP contribution in [0.2, 0.25) is 0 Å². The highest BCUT2D eigenvalue weighted by Gasteiger charge is 2.19. The van der Waals surface area contributed by atoms with Crippen molar-refractivity contribution in [3.63, 3.8) is 0 Å². The fourth-order valence-electron chi connectivity index (χ4n) is 1.52. The molecule has 0 unspecified atom stereocenters. The van der Waals surface area contributed by atoms with Crippen LogP contribution in [0, 0.1) is 0 Å². The SMILES string of the molecule is NCc1cc(S(=O)(=O)Nc2c(Br)cc(Br)cc2Br)c[nH]1. The second-order valence-corrected chi connectivity index (χ2v) is 8.22. The van der Waals surface area contributed by atoms with Gasteiger partial charge >= 0.3 is 0 Å². The molecule has 0 aliphatic rings. The van der Waals surface area contributed by atoms with Gasteiger partial charge < -0.3 is 10.7 Å². The lowest BCUT2D eigenvalue weighted by Crippen LogP contribution is -2.13. The van der Waals surface area contributed by atoms with E-state index in [1.165, 1.54) is 12.3 Å². The van der Waals surface area contributed by atoms with E-state index in [-0.39, 0.29) is 11.4 Å². The van der Waals surface area contributed by atoms with E-state index in [1.807, 2.05) is 0 Å². The van der Waals surface area contributed by atoms with Crippen LogP contribution in [0.15, 0.2) is 42.7 Å². The molecule has 9 heteroatoms. The summed E-state index contributed by atoms with van der Waals surface area (Å²) in [5, 5.41) is 0. The second kappa shape index (κ2) is 6.18. The van der Waals surface area contributed by atoms with E-state index >= 15 is 0 Å². The Bertz CT molecular complexity index is 720. The van der Waals surface area contributed by atoms with Crippen LogP contribution in [-0.4, -0.2) is 13.4 Å². The summed E-state index contributed by atoms with van der Waals surface area (Å²) in [7, 11) is -3.67. The van der Waals surface area contributed by atoms with E-state index in [4.69, 9.17) is 5.73 Å². The van der Waals surface area contributed by atoms with E-state index < -0.39 is 10.0 Å². The lowest BCUT2D eigenvalue weighted by Gasteiger charge is -2.11. The third-order valence-corrected chi connectivity index (χ3v) is 5.53. The first-order chi connectivity index (χ1) is 9.33. The van der Waals surface area contributed by atoms with Crippen LogP contribution in [0.1, 0.15) is 5.69 Å². The molecule has 0 atom stereocenters. The second-order valence-electron chi connectivity index (χ2n) is 3.91. The first-order valence-corrected chi connectivity index (χ1v) is 9.24. The van der Waals surface area contributed by atoms with E-state index in [9.17, 15) is 8.42 Å². The van der Waals surface area contributed by atoms with Crippen LogP contribution < -0.4 is 10.5 Å². The predicted octanol–water partition coefficient (Wildman–Crippen LogP) is 3.56. The largest absolute Gasteiger partial charge is 0.363 e. The summed E-state index contributed by atoms with van der Waals surface area (Å²) in [4.78, 5) is 2.95. The molecule has 0 spiro atoms. The van der Waals surface area contributed by atoms with Crippen LogP contribution in [-0.2, 0) is 16.6 Å². The van der Waals surface area contributed by atoms with Gasteiger partial charge in [-0.25, -0.2) is 8.42 Å². The van der Waals surface area contributed by atoms with Crippen LogP contribution >= 0.6 is 47.8 Å². The lowest BCUT2D eigenvalue weighted by molar-refractivity contribution is 0.601. The minimum absolute atomic E-state index is 0.139. The van der Waals surface area contributed by atoms with Crippen molar-refractivity contribution in [2.75, 3.05) is 4.72 Å². The first kappa shape index (κ1) is 16.0. The molecule has 2 aromatic rings. The minimum Gasteiger partial charge on any atom is -0.363 e. The number of benzene rings is 1. The summed E-state index contributed by atoms with van der Waals surface area (Å²) in [6.45, 7) is 0.251. The molecule has 0 radical (unpaired) electrons. The molecule has 20 heavy (non-hydrogen) atoms. The highest BCUT2D eigenvalue weighted by Crippen LogP contribution is 2.35. The highest BCUT2D eigenvalue weighted by molar-refractivity contribution is 9.11. The molecule has 2 rings (SSSR count). The number of nitrogens with two attached hydrogens (primary N) is 1. The molecule has 0 bridgehead atoms. The Labute approximate surface area is 141 Å². The maximum absolute atomic E-state index is 12.3. The summed E-state index contributed by atoms with van der Waals surface area (Å²) in [6, 6.07) is 5.01. The van der Waals surface area contributed by atoms with Gasteiger partial charge in [-0.15, -0.1) is 0 Å². The van der Waals surface area contributed by atoms with Gasteiger partial charge in [0.1, 0.15) is 4.90 Å². The first-order valence-electron chi connectivity index (χ1n) is 5.38.